The van der Waals surface area contributed by atoms with Crippen LogP contribution in [0.1, 0.15) is 28.8 Å². The van der Waals surface area contributed by atoms with E-state index in [1.54, 1.807) is 18.2 Å². The van der Waals surface area contributed by atoms with E-state index in [9.17, 15) is 14.4 Å². The molecule has 0 bridgehead atoms. The molecular weight excluding hydrogens is 288 g/mol. The van der Waals surface area contributed by atoms with Crippen LogP contribution in [0.3, 0.4) is 0 Å². The van der Waals surface area contributed by atoms with Crippen molar-refractivity contribution in [1.29, 1.82) is 0 Å². The fourth-order valence-electron chi connectivity index (χ4n) is 1.80. The molecule has 0 aromatic heterocycles. The highest BCUT2D eigenvalue weighted by Crippen LogP contribution is 2.06. The number of rotatable bonds is 8. The average molecular weight is 308 g/mol. The minimum atomic E-state index is -0.882. The maximum Gasteiger partial charge on any atom is 0.337 e. The lowest BCUT2D eigenvalue weighted by atomic mass is 10.1. The van der Waals surface area contributed by atoms with Crippen LogP contribution >= 0.6 is 0 Å². The van der Waals surface area contributed by atoms with Gasteiger partial charge in [0, 0.05) is 19.5 Å². The molecule has 0 aliphatic carbocycles. The number of carboxylic acids is 1. The van der Waals surface area contributed by atoms with Crippen molar-refractivity contribution in [3.63, 3.8) is 0 Å². The van der Waals surface area contributed by atoms with Crippen LogP contribution in [0.5, 0.6) is 0 Å². The van der Waals surface area contributed by atoms with Crippen molar-refractivity contribution in [2.24, 2.45) is 0 Å². The molecule has 7 nitrogen and oxygen atoms in total. The van der Waals surface area contributed by atoms with Gasteiger partial charge in [0.1, 0.15) is 0 Å². The van der Waals surface area contributed by atoms with Crippen LogP contribution in [0, 0.1) is 0 Å². The maximum absolute atomic E-state index is 11.5. The Balaban J connectivity index is 2.27. The van der Waals surface area contributed by atoms with Gasteiger partial charge >= 0.3 is 18.0 Å². The number of aliphatic carboxylic acids is 1. The Bertz CT molecular complexity index is 530. The summed E-state index contributed by atoms with van der Waals surface area (Å²) in [6.07, 6.45) is 0.998. The summed E-state index contributed by atoms with van der Waals surface area (Å²) in [4.78, 5) is 33.2. The number of carbonyl (C=O) groups excluding carboxylic acids is 2. The Morgan fingerprint density at radius 3 is 2.59 bits per heavy atom. The molecule has 0 saturated carbocycles. The second-order valence-electron chi connectivity index (χ2n) is 4.62. The molecule has 1 rings (SSSR count). The van der Waals surface area contributed by atoms with Crippen LogP contribution < -0.4 is 10.6 Å². The molecule has 0 heterocycles. The van der Waals surface area contributed by atoms with E-state index in [2.05, 4.69) is 15.4 Å². The molecular formula is C15H20N2O5. The first-order chi connectivity index (χ1) is 10.5. The van der Waals surface area contributed by atoms with Crippen molar-refractivity contribution >= 4 is 18.0 Å². The molecule has 0 atom stereocenters. The molecule has 0 fully saturated rings. The van der Waals surface area contributed by atoms with Crippen molar-refractivity contribution in [2.45, 2.75) is 19.3 Å². The zero-order valence-corrected chi connectivity index (χ0v) is 12.4. The molecule has 0 aliphatic rings. The molecule has 0 saturated heterocycles. The van der Waals surface area contributed by atoms with Crippen LogP contribution in [-0.2, 0) is 16.0 Å². The van der Waals surface area contributed by atoms with Gasteiger partial charge in [-0.25, -0.2) is 9.59 Å². The van der Waals surface area contributed by atoms with Crippen molar-refractivity contribution in [1.82, 2.24) is 10.6 Å². The topological polar surface area (TPSA) is 105 Å². The van der Waals surface area contributed by atoms with Gasteiger partial charge < -0.3 is 20.5 Å². The first-order valence-corrected chi connectivity index (χ1v) is 6.93. The summed E-state index contributed by atoms with van der Waals surface area (Å²) in [6.45, 7) is 0.728. The Labute approximate surface area is 128 Å². The molecule has 0 unspecified atom stereocenters. The molecule has 0 spiro atoms. The van der Waals surface area contributed by atoms with Gasteiger partial charge in [0.15, 0.2) is 0 Å². The van der Waals surface area contributed by atoms with E-state index in [0.717, 1.165) is 5.56 Å². The Kier molecular flexibility index (Phi) is 7.45. The predicted octanol–water partition coefficient (Wildman–Crippen LogP) is 1.18. The minimum Gasteiger partial charge on any atom is -0.481 e. The van der Waals surface area contributed by atoms with Gasteiger partial charge in [-0.05, 0) is 30.5 Å². The second-order valence-corrected chi connectivity index (χ2v) is 4.62. The average Bonchev–Trinajstić information content (AvgIpc) is 2.51. The first kappa shape index (κ1) is 17.5. The summed E-state index contributed by atoms with van der Waals surface area (Å²) in [5.41, 5.74) is 1.38. The van der Waals surface area contributed by atoms with Crippen molar-refractivity contribution in [3.8, 4) is 0 Å². The fourth-order valence-corrected chi connectivity index (χ4v) is 1.80. The third-order valence-electron chi connectivity index (χ3n) is 2.90. The van der Waals surface area contributed by atoms with Gasteiger partial charge in [-0.1, -0.05) is 12.1 Å². The number of methoxy groups -OCH3 is 1. The lowest BCUT2D eigenvalue weighted by Crippen LogP contribution is -2.37. The molecule has 1 aromatic rings. The maximum atomic E-state index is 11.5. The van der Waals surface area contributed by atoms with E-state index in [4.69, 9.17) is 5.11 Å². The largest absolute Gasteiger partial charge is 0.481 e. The van der Waals surface area contributed by atoms with E-state index in [1.807, 2.05) is 6.07 Å². The lowest BCUT2D eigenvalue weighted by Gasteiger charge is -2.08. The summed E-state index contributed by atoms with van der Waals surface area (Å²) < 4.78 is 4.65. The van der Waals surface area contributed by atoms with Gasteiger partial charge in [0.05, 0.1) is 12.7 Å². The summed E-state index contributed by atoms with van der Waals surface area (Å²) >= 11 is 0. The Morgan fingerprint density at radius 1 is 1.18 bits per heavy atom. The summed E-state index contributed by atoms with van der Waals surface area (Å²) in [7, 11) is 1.32. The van der Waals surface area contributed by atoms with E-state index >= 15 is 0 Å². The number of ether oxygens (including phenoxy) is 1. The number of hydrogen-bond donors (Lipinski definition) is 3. The number of carboxylic acid groups (broad SMARTS) is 1. The highest BCUT2D eigenvalue weighted by molar-refractivity contribution is 5.89. The number of hydrogen-bond acceptors (Lipinski definition) is 4. The standard InChI is InChI=1S/C15H20N2O5/c1-22-14(20)12-5-2-4-11(10-12)7-9-17-15(21)16-8-3-6-13(18)19/h2,4-5,10H,3,6-9H2,1H3,(H,18,19)(H2,16,17,21). The van der Waals surface area contributed by atoms with Crippen LogP contribution in [0.15, 0.2) is 24.3 Å². The molecule has 2 amide bonds. The lowest BCUT2D eigenvalue weighted by molar-refractivity contribution is -0.137. The van der Waals surface area contributed by atoms with Gasteiger partial charge in [0.25, 0.3) is 0 Å². The van der Waals surface area contributed by atoms with Crippen molar-refractivity contribution < 1.29 is 24.2 Å². The SMILES string of the molecule is COC(=O)c1cccc(CCNC(=O)NCCCC(=O)O)c1. The second kappa shape index (κ2) is 9.38. The van der Waals surface area contributed by atoms with Crippen molar-refractivity contribution in [3.05, 3.63) is 35.4 Å². The van der Waals surface area contributed by atoms with Crippen molar-refractivity contribution in [2.75, 3.05) is 20.2 Å². The highest BCUT2D eigenvalue weighted by atomic mass is 16.5. The Hall–Kier alpha value is -2.57. The van der Waals surface area contributed by atoms with E-state index in [1.165, 1.54) is 7.11 Å². The quantitative estimate of drug-likeness (QED) is 0.494. The fraction of sp³-hybridized carbons (Fsp3) is 0.400. The number of benzene rings is 1. The third kappa shape index (κ3) is 6.74. The number of carbonyl (C=O) groups is 3. The molecule has 3 N–H and O–H groups in total. The zero-order chi connectivity index (χ0) is 16.4. The normalized spacial score (nSPS) is 9.86. The van der Waals surface area contributed by atoms with Gasteiger partial charge in [-0.2, -0.15) is 0 Å². The minimum absolute atomic E-state index is 0.0284. The van der Waals surface area contributed by atoms with Gasteiger partial charge in [-0.15, -0.1) is 0 Å². The molecule has 0 radical (unpaired) electrons. The van der Waals surface area contributed by atoms with Gasteiger partial charge in [0.2, 0.25) is 0 Å². The van der Waals surface area contributed by atoms with Gasteiger partial charge in [-0.3, -0.25) is 4.79 Å². The smallest absolute Gasteiger partial charge is 0.337 e. The molecule has 1 aromatic carbocycles. The third-order valence-corrected chi connectivity index (χ3v) is 2.90. The molecule has 7 heteroatoms. The van der Waals surface area contributed by atoms with Crippen LogP contribution in [0.2, 0.25) is 0 Å². The summed E-state index contributed by atoms with van der Waals surface area (Å²) in [5.74, 6) is -1.28. The number of nitrogens with one attached hydrogen (secondary N) is 2. The van der Waals surface area contributed by atoms with Crippen LogP contribution in [-0.4, -0.2) is 43.3 Å². The summed E-state index contributed by atoms with van der Waals surface area (Å²) in [5, 5.41) is 13.7. The van der Waals surface area contributed by atoms with E-state index in [0.29, 0.717) is 31.5 Å². The number of esters is 1. The molecule has 120 valence electrons. The monoisotopic (exact) mass is 308 g/mol. The van der Waals surface area contributed by atoms with E-state index < -0.39 is 11.9 Å². The molecule has 22 heavy (non-hydrogen) atoms. The molecule has 0 aliphatic heterocycles. The van der Waals surface area contributed by atoms with E-state index in [-0.39, 0.29) is 12.5 Å². The number of amides is 2. The Morgan fingerprint density at radius 2 is 1.91 bits per heavy atom. The zero-order valence-electron chi connectivity index (χ0n) is 12.4. The van der Waals surface area contributed by atoms with Crippen LogP contribution in [0.4, 0.5) is 4.79 Å². The van der Waals surface area contributed by atoms with Crippen LogP contribution in [0.25, 0.3) is 0 Å². The highest BCUT2D eigenvalue weighted by Gasteiger charge is 2.06. The predicted molar refractivity (Wildman–Crippen MR) is 79.8 cm³/mol. The number of urea groups is 1. The summed E-state index contributed by atoms with van der Waals surface area (Å²) in [6, 6.07) is 6.66. The first-order valence-electron chi connectivity index (χ1n) is 6.93.